The Hall–Kier alpha value is -5.33. The smallest absolute Gasteiger partial charge is 0.456 e. The lowest BCUT2D eigenvalue weighted by molar-refractivity contribution is -0.274. The first-order valence-electron chi connectivity index (χ1n) is 13.1. The number of benzene rings is 3. The van der Waals surface area contributed by atoms with Crippen molar-refractivity contribution < 1.29 is 31.9 Å². The van der Waals surface area contributed by atoms with Crippen LogP contribution < -0.4 is 26.5 Å². The van der Waals surface area contributed by atoms with Crippen LogP contribution in [0.2, 0.25) is 0 Å². The van der Waals surface area contributed by atoms with Crippen molar-refractivity contribution in [3.8, 4) is 17.1 Å². The summed E-state index contributed by atoms with van der Waals surface area (Å²) in [6, 6.07) is 16.3. The lowest BCUT2D eigenvalue weighted by Gasteiger charge is -2.14. The van der Waals surface area contributed by atoms with Crippen LogP contribution in [0.1, 0.15) is 24.2 Å². The first-order chi connectivity index (χ1) is 20.4. The van der Waals surface area contributed by atoms with Crippen LogP contribution in [0.5, 0.6) is 5.75 Å². The molecule has 0 aliphatic carbocycles. The molecule has 222 valence electrons. The van der Waals surface area contributed by atoms with Gasteiger partial charge in [-0.1, -0.05) is 26.0 Å². The number of hydrogen-bond donors (Lipinski definition) is 3. The van der Waals surface area contributed by atoms with E-state index in [0.29, 0.717) is 51.3 Å². The van der Waals surface area contributed by atoms with Gasteiger partial charge in [-0.2, -0.15) is 0 Å². The zero-order chi connectivity index (χ0) is 30.9. The normalized spacial score (nSPS) is 11.7. The van der Waals surface area contributed by atoms with E-state index in [1.54, 1.807) is 24.3 Å². The Kier molecular flexibility index (Phi) is 7.81. The Labute approximate surface area is 242 Å². The highest BCUT2D eigenvalue weighted by Gasteiger charge is 2.31. The number of hydrogen-bond acceptors (Lipinski definition) is 7. The first-order valence-corrected chi connectivity index (χ1v) is 13.1. The van der Waals surface area contributed by atoms with Crippen molar-refractivity contribution >= 4 is 45.5 Å². The monoisotopic (exact) mass is 593 g/mol. The number of fused-ring (bicyclic) bond motifs is 2. The molecule has 0 aliphatic heterocycles. The summed E-state index contributed by atoms with van der Waals surface area (Å²) in [4.78, 5) is 40.9. The van der Waals surface area contributed by atoms with Crippen LogP contribution >= 0.6 is 0 Å². The molecular formula is C30H26F3N5O5. The van der Waals surface area contributed by atoms with Crippen LogP contribution in [0, 0.1) is 5.92 Å². The molecular weight excluding hydrogens is 567 g/mol. The third-order valence-corrected chi connectivity index (χ3v) is 6.34. The van der Waals surface area contributed by atoms with E-state index in [1.165, 1.54) is 42.5 Å². The van der Waals surface area contributed by atoms with Gasteiger partial charge in [0.15, 0.2) is 5.43 Å². The van der Waals surface area contributed by atoms with Gasteiger partial charge in [0, 0.05) is 35.5 Å². The zero-order valence-electron chi connectivity index (χ0n) is 23.0. The number of anilines is 2. The van der Waals surface area contributed by atoms with Crippen molar-refractivity contribution in [1.29, 1.82) is 0 Å². The van der Waals surface area contributed by atoms with Gasteiger partial charge in [0.1, 0.15) is 17.1 Å². The minimum absolute atomic E-state index is 0.202. The van der Waals surface area contributed by atoms with Gasteiger partial charge >= 0.3 is 6.36 Å². The van der Waals surface area contributed by atoms with Gasteiger partial charge in [-0.05, 0) is 48.4 Å². The fourth-order valence-electron chi connectivity index (χ4n) is 4.49. The van der Waals surface area contributed by atoms with E-state index >= 15 is 0 Å². The van der Waals surface area contributed by atoms with Crippen LogP contribution in [0.4, 0.5) is 24.8 Å². The third-order valence-electron chi connectivity index (χ3n) is 6.34. The van der Waals surface area contributed by atoms with Gasteiger partial charge < -0.3 is 30.1 Å². The molecule has 5 rings (SSSR count). The maximum Gasteiger partial charge on any atom is 0.573 e. The highest BCUT2D eigenvalue weighted by molar-refractivity contribution is 5.97. The van der Waals surface area contributed by atoms with Crippen molar-refractivity contribution in [2.45, 2.75) is 26.8 Å². The van der Waals surface area contributed by atoms with Crippen molar-refractivity contribution in [2.24, 2.45) is 11.7 Å². The van der Waals surface area contributed by atoms with Gasteiger partial charge in [-0.3, -0.25) is 14.4 Å². The number of primary amides is 1. The number of amides is 2. The number of ether oxygens (including phenoxy) is 1. The largest absolute Gasteiger partial charge is 0.573 e. The second-order valence-corrected chi connectivity index (χ2v) is 10.2. The van der Waals surface area contributed by atoms with Crippen LogP contribution in [-0.4, -0.2) is 34.3 Å². The number of imidazole rings is 1. The molecule has 0 fully saturated rings. The van der Waals surface area contributed by atoms with Crippen LogP contribution in [0.15, 0.2) is 75.9 Å². The number of halogens is 3. The van der Waals surface area contributed by atoms with Crippen molar-refractivity contribution in [1.82, 2.24) is 14.9 Å². The van der Waals surface area contributed by atoms with Crippen molar-refractivity contribution in [2.75, 3.05) is 11.9 Å². The molecule has 0 atom stereocenters. The van der Waals surface area contributed by atoms with Gasteiger partial charge in [0.05, 0.1) is 23.0 Å². The summed E-state index contributed by atoms with van der Waals surface area (Å²) in [5.74, 6) is -0.559. The van der Waals surface area contributed by atoms with E-state index in [9.17, 15) is 27.6 Å². The number of nitrogens with two attached hydrogens (primary N) is 1. The summed E-state index contributed by atoms with van der Waals surface area (Å²) in [6.45, 7) is 4.30. The molecule has 0 spiro atoms. The predicted molar refractivity (Wildman–Crippen MR) is 154 cm³/mol. The average Bonchev–Trinajstić information content (AvgIpc) is 3.26. The first kappa shape index (κ1) is 29.2. The van der Waals surface area contributed by atoms with E-state index in [-0.39, 0.29) is 29.4 Å². The summed E-state index contributed by atoms with van der Waals surface area (Å²) in [7, 11) is 0. The number of carbonyl (C=O) groups excluding carboxylic acids is 2. The lowest BCUT2D eigenvalue weighted by atomic mass is 10.1. The Bertz CT molecular complexity index is 1880. The molecule has 13 heteroatoms. The topological polar surface area (TPSA) is 141 Å². The van der Waals surface area contributed by atoms with Gasteiger partial charge in [-0.15, -0.1) is 13.2 Å². The Balaban J connectivity index is 1.49. The van der Waals surface area contributed by atoms with E-state index < -0.39 is 18.2 Å². The minimum Gasteiger partial charge on any atom is -0.456 e. The standard InChI is InChI=1S/C30H26F3N5O5/c1-16(2)15-38-23-12-26-21(11-22(23)37-29(38)36-19-7-9-20(10-8-19)43-30(31,32)33)24(39)13-25(42-26)17-3-5-18(6-4-17)28(41)35-14-27(34)40/h3-13,16H,14-15H2,1-2H3,(H2,34,40)(H,35,41)(H,36,37). The molecule has 0 aliphatic rings. The second kappa shape index (κ2) is 11.5. The maximum atomic E-state index is 13.1. The molecule has 2 heterocycles. The summed E-state index contributed by atoms with van der Waals surface area (Å²) in [5.41, 5.74) is 7.65. The molecule has 0 bridgehead atoms. The SMILES string of the molecule is CC(C)Cn1c(Nc2ccc(OC(F)(F)F)cc2)nc2cc3c(=O)cc(-c4ccc(C(=O)NCC(N)=O)cc4)oc3cc21. The number of nitrogens with zero attached hydrogens (tertiary/aromatic N) is 2. The molecule has 43 heavy (non-hydrogen) atoms. The van der Waals surface area contributed by atoms with E-state index in [1.807, 2.05) is 18.4 Å². The second-order valence-electron chi connectivity index (χ2n) is 10.2. The molecule has 0 saturated carbocycles. The van der Waals surface area contributed by atoms with E-state index in [2.05, 4.69) is 20.4 Å². The Morgan fingerprint density at radius 3 is 2.37 bits per heavy atom. The molecule has 2 amide bonds. The Morgan fingerprint density at radius 1 is 1.05 bits per heavy atom. The average molecular weight is 594 g/mol. The van der Waals surface area contributed by atoms with Crippen molar-refractivity contribution in [3.05, 3.63) is 82.5 Å². The lowest BCUT2D eigenvalue weighted by Crippen LogP contribution is -2.33. The molecule has 2 aromatic heterocycles. The van der Waals surface area contributed by atoms with Gasteiger partial charge in [0.25, 0.3) is 5.91 Å². The van der Waals surface area contributed by atoms with E-state index in [4.69, 9.17) is 10.2 Å². The fraction of sp³-hybridized carbons (Fsp3) is 0.200. The van der Waals surface area contributed by atoms with Gasteiger partial charge in [0.2, 0.25) is 11.9 Å². The minimum atomic E-state index is -4.79. The molecule has 0 radical (unpaired) electrons. The van der Waals surface area contributed by atoms with Gasteiger partial charge in [-0.25, -0.2) is 4.98 Å². The highest BCUT2D eigenvalue weighted by Crippen LogP contribution is 2.31. The number of carbonyl (C=O) groups is 2. The molecule has 0 unspecified atom stereocenters. The number of nitrogens with one attached hydrogen (secondary N) is 2. The summed E-state index contributed by atoms with van der Waals surface area (Å²) < 4.78 is 49.6. The quantitative estimate of drug-likeness (QED) is 0.210. The van der Waals surface area contributed by atoms with Crippen LogP contribution in [0.3, 0.4) is 0 Å². The molecule has 0 saturated heterocycles. The zero-order valence-corrected chi connectivity index (χ0v) is 23.0. The number of rotatable bonds is 9. The Morgan fingerprint density at radius 2 is 1.74 bits per heavy atom. The third kappa shape index (κ3) is 6.77. The van der Waals surface area contributed by atoms with Crippen LogP contribution in [-0.2, 0) is 11.3 Å². The number of aromatic nitrogens is 2. The molecule has 3 aromatic carbocycles. The molecule has 10 nitrogen and oxygen atoms in total. The highest BCUT2D eigenvalue weighted by atomic mass is 19.4. The van der Waals surface area contributed by atoms with E-state index in [0.717, 1.165) is 0 Å². The van der Waals surface area contributed by atoms with Crippen LogP contribution in [0.25, 0.3) is 33.3 Å². The van der Waals surface area contributed by atoms with Crippen molar-refractivity contribution in [3.63, 3.8) is 0 Å². The maximum absolute atomic E-state index is 13.1. The fourth-order valence-corrected chi connectivity index (χ4v) is 4.49. The summed E-state index contributed by atoms with van der Waals surface area (Å²) >= 11 is 0. The molecule has 4 N–H and O–H groups in total. The predicted octanol–water partition coefficient (Wildman–Crippen LogP) is 5.32. The summed E-state index contributed by atoms with van der Waals surface area (Å²) in [6.07, 6.45) is -4.79. The molecule has 5 aromatic rings. The summed E-state index contributed by atoms with van der Waals surface area (Å²) in [5, 5.41) is 5.86. The number of alkyl halides is 3.